The van der Waals surface area contributed by atoms with Crippen molar-refractivity contribution >= 4 is 23.2 Å². The molecule has 2 N–H and O–H groups in total. The monoisotopic (exact) mass is 378 g/mol. The number of alkyl halides is 2. The van der Waals surface area contributed by atoms with Crippen molar-refractivity contribution in [2.45, 2.75) is 96.5 Å². The number of hydrogen-bond acceptors (Lipinski definition) is 2. The first-order valence-electron chi connectivity index (χ1n) is 10.0. The van der Waals surface area contributed by atoms with Crippen molar-refractivity contribution in [3.8, 4) is 0 Å². The van der Waals surface area contributed by atoms with Crippen LogP contribution < -0.4 is 10.6 Å². The first-order valence-corrected chi connectivity index (χ1v) is 10.9. The lowest BCUT2D eigenvalue weighted by Crippen LogP contribution is -2.64. The smallest absolute Gasteiger partial charge is 0.112 e. The fraction of sp³-hybridized carbons (Fsp3) is 1.00. The molecule has 1 aliphatic rings. The Hall–Kier alpha value is 0.500. The second-order valence-electron chi connectivity index (χ2n) is 8.38. The quantitative estimate of drug-likeness (QED) is 0.286. The van der Waals surface area contributed by atoms with E-state index in [9.17, 15) is 0 Å². The van der Waals surface area contributed by atoms with Crippen molar-refractivity contribution in [1.82, 2.24) is 10.6 Å². The standard InChI is InChI=1S/C20H40Cl2N2/c1-7-9-11-23-17-13-19(15(3)4,16(5)6)14-20(22,18(17)21)24-12-10-8-2/h15-18,23-24H,7-14H2,1-6H3. The molecule has 0 radical (unpaired) electrons. The zero-order valence-corrected chi connectivity index (χ0v) is 18.2. The van der Waals surface area contributed by atoms with Gasteiger partial charge in [-0.05, 0) is 56.0 Å². The maximum absolute atomic E-state index is 7.16. The summed E-state index contributed by atoms with van der Waals surface area (Å²) in [4.78, 5) is -0.520. The van der Waals surface area contributed by atoms with Crippen LogP contribution in [0, 0.1) is 17.3 Å². The van der Waals surface area contributed by atoms with Crippen LogP contribution in [0.4, 0.5) is 0 Å². The van der Waals surface area contributed by atoms with Gasteiger partial charge in [-0.2, -0.15) is 0 Å². The molecule has 24 heavy (non-hydrogen) atoms. The van der Waals surface area contributed by atoms with Crippen LogP contribution in [0.2, 0.25) is 0 Å². The Labute approximate surface area is 160 Å². The summed E-state index contributed by atoms with van der Waals surface area (Å²) in [5.41, 5.74) is 0.218. The Bertz CT molecular complexity index is 352. The van der Waals surface area contributed by atoms with E-state index < -0.39 is 5.00 Å². The van der Waals surface area contributed by atoms with E-state index in [0.717, 1.165) is 32.4 Å². The second kappa shape index (κ2) is 10.00. The van der Waals surface area contributed by atoms with E-state index in [1.165, 1.54) is 19.3 Å². The zero-order chi connectivity index (χ0) is 18.4. The van der Waals surface area contributed by atoms with Gasteiger partial charge in [0.05, 0.1) is 5.38 Å². The molecule has 1 aliphatic carbocycles. The average Bonchev–Trinajstić information content (AvgIpc) is 2.51. The molecule has 1 saturated carbocycles. The van der Waals surface area contributed by atoms with E-state index in [4.69, 9.17) is 23.2 Å². The fourth-order valence-electron chi connectivity index (χ4n) is 4.30. The highest BCUT2D eigenvalue weighted by Crippen LogP contribution is 2.53. The first kappa shape index (κ1) is 22.5. The van der Waals surface area contributed by atoms with Gasteiger partial charge in [0.1, 0.15) is 5.00 Å². The topological polar surface area (TPSA) is 24.1 Å². The van der Waals surface area contributed by atoms with Crippen molar-refractivity contribution in [2.75, 3.05) is 13.1 Å². The number of hydrogen-bond donors (Lipinski definition) is 2. The van der Waals surface area contributed by atoms with E-state index in [1.807, 2.05) is 0 Å². The minimum absolute atomic E-state index is 0.0847. The van der Waals surface area contributed by atoms with Crippen molar-refractivity contribution in [3.05, 3.63) is 0 Å². The average molecular weight is 379 g/mol. The van der Waals surface area contributed by atoms with Gasteiger partial charge in [0.2, 0.25) is 0 Å². The van der Waals surface area contributed by atoms with E-state index in [2.05, 4.69) is 52.2 Å². The van der Waals surface area contributed by atoms with Gasteiger partial charge in [0.15, 0.2) is 0 Å². The molecule has 3 unspecified atom stereocenters. The summed E-state index contributed by atoms with van der Waals surface area (Å²) in [6.07, 6.45) is 6.76. The predicted octanol–water partition coefficient (Wildman–Crippen LogP) is 5.77. The van der Waals surface area contributed by atoms with Crippen molar-refractivity contribution in [1.29, 1.82) is 0 Å². The third-order valence-corrected chi connectivity index (χ3v) is 7.45. The summed E-state index contributed by atoms with van der Waals surface area (Å²) in [6, 6.07) is 0.267. The number of nitrogens with one attached hydrogen (secondary N) is 2. The highest BCUT2D eigenvalue weighted by atomic mass is 35.5. The number of halogens is 2. The molecular weight excluding hydrogens is 339 g/mol. The minimum Gasteiger partial charge on any atom is -0.312 e. The third-order valence-electron chi connectivity index (χ3n) is 6.16. The third kappa shape index (κ3) is 5.25. The molecule has 0 aromatic carbocycles. The van der Waals surface area contributed by atoms with Gasteiger partial charge in [0.25, 0.3) is 0 Å². The molecule has 1 fully saturated rings. The highest BCUT2D eigenvalue weighted by Gasteiger charge is 2.55. The Morgan fingerprint density at radius 3 is 2.04 bits per heavy atom. The van der Waals surface area contributed by atoms with Gasteiger partial charge in [-0.3, -0.25) is 5.32 Å². The van der Waals surface area contributed by atoms with E-state index >= 15 is 0 Å². The molecule has 0 aromatic heterocycles. The van der Waals surface area contributed by atoms with Crippen LogP contribution in [0.25, 0.3) is 0 Å². The highest BCUT2D eigenvalue weighted by molar-refractivity contribution is 6.32. The van der Waals surface area contributed by atoms with E-state index in [-0.39, 0.29) is 16.8 Å². The van der Waals surface area contributed by atoms with Crippen LogP contribution in [0.1, 0.15) is 80.1 Å². The molecule has 1 rings (SSSR count). The van der Waals surface area contributed by atoms with E-state index in [0.29, 0.717) is 11.8 Å². The summed E-state index contributed by atoms with van der Waals surface area (Å²) in [5, 5.41) is 7.27. The number of unbranched alkanes of at least 4 members (excludes halogenated alkanes) is 2. The van der Waals surface area contributed by atoms with Crippen molar-refractivity contribution < 1.29 is 0 Å². The van der Waals surface area contributed by atoms with Crippen LogP contribution >= 0.6 is 23.2 Å². The Balaban J connectivity index is 3.03. The van der Waals surface area contributed by atoms with Crippen molar-refractivity contribution in [2.24, 2.45) is 17.3 Å². The molecule has 0 spiro atoms. The van der Waals surface area contributed by atoms with E-state index in [1.54, 1.807) is 0 Å². The molecule has 2 nitrogen and oxygen atoms in total. The van der Waals surface area contributed by atoms with Crippen LogP contribution in [-0.4, -0.2) is 29.5 Å². The molecule has 0 aliphatic heterocycles. The van der Waals surface area contributed by atoms with Crippen LogP contribution in [0.5, 0.6) is 0 Å². The minimum atomic E-state index is -0.520. The van der Waals surface area contributed by atoms with Gasteiger partial charge in [-0.25, -0.2) is 0 Å². The molecule has 0 saturated heterocycles. The first-order chi connectivity index (χ1) is 11.2. The summed E-state index contributed by atoms with van der Waals surface area (Å²) < 4.78 is 0. The van der Waals surface area contributed by atoms with Crippen molar-refractivity contribution in [3.63, 3.8) is 0 Å². The van der Waals surface area contributed by atoms with Gasteiger partial charge < -0.3 is 5.32 Å². The molecule has 0 amide bonds. The Morgan fingerprint density at radius 2 is 1.54 bits per heavy atom. The lowest BCUT2D eigenvalue weighted by atomic mass is 9.58. The van der Waals surface area contributed by atoms with Crippen LogP contribution in [0.15, 0.2) is 0 Å². The normalized spacial score (nSPS) is 30.2. The maximum atomic E-state index is 7.16. The summed E-state index contributed by atoms with van der Waals surface area (Å²) in [6.45, 7) is 15.8. The molecule has 0 bridgehead atoms. The summed E-state index contributed by atoms with van der Waals surface area (Å²) in [7, 11) is 0. The van der Waals surface area contributed by atoms with Gasteiger partial charge in [-0.1, -0.05) is 54.4 Å². The van der Waals surface area contributed by atoms with Gasteiger partial charge >= 0.3 is 0 Å². The summed E-state index contributed by atoms with van der Waals surface area (Å²) in [5.74, 6) is 1.17. The molecule has 0 heterocycles. The predicted molar refractivity (Wildman–Crippen MR) is 109 cm³/mol. The summed E-state index contributed by atoms with van der Waals surface area (Å²) >= 11 is 14.1. The lowest BCUT2D eigenvalue weighted by Gasteiger charge is -2.55. The van der Waals surface area contributed by atoms with Gasteiger partial charge in [-0.15, -0.1) is 23.2 Å². The van der Waals surface area contributed by atoms with Crippen LogP contribution in [0.3, 0.4) is 0 Å². The molecule has 0 aromatic rings. The molecule has 4 heteroatoms. The van der Waals surface area contributed by atoms with Gasteiger partial charge in [0, 0.05) is 6.04 Å². The zero-order valence-electron chi connectivity index (χ0n) is 16.7. The molecule has 3 atom stereocenters. The second-order valence-corrected chi connectivity index (χ2v) is 9.53. The lowest BCUT2D eigenvalue weighted by molar-refractivity contribution is 0.0156. The Morgan fingerprint density at radius 1 is 1.00 bits per heavy atom. The molecule has 144 valence electrons. The molecular formula is C20H40Cl2N2. The largest absolute Gasteiger partial charge is 0.312 e. The SMILES string of the molecule is CCCCNC1CC(C(C)C)(C(C)C)CC(Cl)(NCCCC)C1Cl. The maximum Gasteiger partial charge on any atom is 0.112 e. The fourth-order valence-corrected chi connectivity index (χ4v) is 5.13. The van der Waals surface area contributed by atoms with Crippen LogP contribution in [-0.2, 0) is 0 Å². The number of rotatable bonds is 10. The Kier molecular flexibility index (Phi) is 9.39.